The minimum Gasteiger partial charge on any atom is -0.338 e. The number of aryl methyl sites for hydroxylation is 1. The van der Waals surface area contributed by atoms with Crippen molar-refractivity contribution in [1.29, 1.82) is 0 Å². The number of nitrogens with zero attached hydrogens (tertiary/aromatic N) is 3. The smallest absolute Gasteiger partial charge is 0.267 e. The lowest BCUT2D eigenvalue weighted by molar-refractivity contribution is -0.124. The summed E-state index contributed by atoms with van der Waals surface area (Å²) in [4.78, 5) is 28.9. The predicted molar refractivity (Wildman–Crippen MR) is 127 cm³/mol. The maximum absolute atomic E-state index is 13.6. The van der Waals surface area contributed by atoms with Crippen LogP contribution in [-0.2, 0) is 17.6 Å². The molecule has 33 heavy (non-hydrogen) atoms. The number of rotatable bonds is 5. The topological polar surface area (TPSA) is 87.2 Å². The van der Waals surface area contributed by atoms with Crippen molar-refractivity contribution in [3.63, 3.8) is 0 Å². The van der Waals surface area contributed by atoms with Crippen LogP contribution in [0.25, 0.3) is 0 Å². The number of likely N-dealkylation sites (tertiary alicyclic amines) is 1. The van der Waals surface area contributed by atoms with Gasteiger partial charge in [-0.3, -0.25) is 14.9 Å². The number of amides is 2. The quantitative estimate of drug-likeness (QED) is 0.610. The normalized spacial score (nSPS) is 18.9. The van der Waals surface area contributed by atoms with Gasteiger partial charge in [-0.15, -0.1) is 5.10 Å². The molecule has 2 saturated heterocycles. The number of carbonyl (C=O) groups is 2. The molecule has 0 saturated carbocycles. The highest BCUT2D eigenvalue weighted by atomic mass is 32.1. The molecule has 2 fully saturated rings. The van der Waals surface area contributed by atoms with Crippen LogP contribution < -0.4 is 10.6 Å². The van der Waals surface area contributed by atoms with E-state index in [0.717, 1.165) is 22.7 Å². The summed E-state index contributed by atoms with van der Waals surface area (Å²) in [5, 5.41) is 11.0. The number of aromatic nitrogens is 2. The molecule has 0 aliphatic carbocycles. The number of benzene rings is 2. The molecule has 5 rings (SSSR count). The molecule has 2 N–H and O–H groups in total. The molecular formula is C25H27N5O2S. The molecule has 2 aliphatic rings. The third-order valence-electron chi connectivity index (χ3n) is 6.71. The van der Waals surface area contributed by atoms with Crippen molar-refractivity contribution in [2.24, 2.45) is 0 Å². The summed E-state index contributed by atoms with van der Waals surface area (Å²) in [6.45, 7) is 2.94. The van der Waals surface area contributed by atoms with E-state index < -0.39 is 11.2 Å². The average Bonchev–Trinajstić information content (AvgIpc) is 3.36. The number of hydrogen-bond acceptors (Lipinski definition) is 6. The average molecular weight is 462 g/mol. The fourth-order valence-electron chi connectivity index (χ4n) is 5.00. The van der Waals surface area contributed by atoms with Gasteiger partial charge in [0.05, 0.1) is 11.4 Å². The number of carbonyl (C=O) groups excluding carboxylic acids is 2. The van der Waals surface area contributed by atoms with Gasteiger partial charge in [0.2, 0.25) is 5.91 Å². The molecule has 3 heterocycles. The summed E-state index contributed by atoms with van der Waals surface area (Å²) >= 11 is 1.14. The van der Waals surface area contributed by atoms with Crippen molar-refractivity contribution in [1.82, 2.24) is 25.1 Å². The maximum Gasteiger partial charge on any atom is 0.267 e. The SMILES string of the molecule is Cc1nnsc1C(=O)N1CCC2(CC1)NC(=O)C(Cc1ccccc1)(Cc1ccccc1)N2. The van der Waals surface area contributed by atoms with Crippen molar-refractivity contribution >= 4 is 23.3 Å². The van der Waals surface area contributed by atoms with Crippen LogP contribution in [0.2, 0.25) is 0 Å². The molecule has 0 unspecified atom stereocenters. The molecule has 0 radical (unpaired) electrons. The van der Waals surface area contributed by atoms with E-state index in [0.29, 0.717) is 49.3 Å². The fourth-order valence-corrected chi connectivity index (χ4v) is 5.62. The second kappa shape index (κ2) is 8.68. The molecular weight excluding hydrogens is 434 g/mol. The van der Waals surface area contributed by atoms with Crippen molar-refractivity contribution < 1.29 is 9.59 Å². The maximum atomic E-state index is 13.6. The van der Waals surface area contributed by atoms with E-state index in [2.05, 4.69) is 44.5 Å². The van der Waals surface area contributed by atoms with Gasteiger partial charge in [-0.1, -0.05) is 65.2 Å². The Bertz CT molecular complexity index is 1100. The van der Waals surface area contributed by atoms with Crippen LogP contribution >= 0.6 is 11.5 Å². The monoisotopic (exact) mass is 461 g/mol. The molecule has 1 spiro atoms. The highest BCUT2D eigenvalue weighted by Gasteiger charge is 2.54. The predicted octanol–water partition coefficient (Wildman–Crippen LogP) is 2.72. The standard InChI is InChI=1S/C25H27N5O2S/c1-18-21(33-29-27-18)22(31)30-14-12-25(13-15-30)26-23(32)24(28-25,16-19-8-4-2-5-9-19)17-20-10-6-3-7-11-20/h2-11,28H,12-17H2,1H3,(H,26,32). The Hall–Kier alpha value is -3.10. The van der Waals surface area contributed by atoms with Gasteiger partial charge < -0.3 is 10.2 Å². The van der Waals surface area contributed by atoms with E-state index in [1.807, 2.05) is 48.2 Å². The van der Waals surface area contributed by atoms with Crippen molar-refractivity contribution in [2.75, 3.05) is 13.1 Å². The molecule has 7 nitrogen and oxygen atoms in total. The third kappa shape index (κ3) is 4.28. The first kappa shape index (κ1) is 21.7. The van der Waals surface area contributed by atoms with Gasteiger partial charge in [0.25, 0.3) is 5.91 Å². The Morgan fingerprint density at radius 2 is 1.58 bits per heavy atom. The zero-order valence-corrected chi connectivity index (χ0v) is 19.4. The van der Waals surface area contributed by atoms with E-state index in [1.165, 1.54) is 0 Å². The number of nitrogens with one attached hydrogen (secondary N) is 2. The van der Waals surface area contributed by atoms with Gasteiger partial charge in [0, 0.05) is 25.9 Å². The summed E-state index contributed by atoms with van der Waals surface area (Å²) in [6, 6.07) is 20.3. The van der Waals surface area contributed by atoms with Crippen LogP contribution in [0, 0.1) is 6.92 Å². The van der Waals surface area contributed by atoms with Crippen molar-refractivity contribution in [2.45, 2.75) is 43.8 Å². The zero-order valence-electron chi connectivity index (χ0n) is 18.6. The second-order valence-corrected chi connectivity index (χ2v) is 9.80. The highest BCUT2D eigenvalue weighted by Crippen LogP contribution is 2.33. The lowest BCUT2D eigenvalue weighted by atomic mass is 9.84. The minimum absolute atomic E-state index is 0.0254. The first-order valence-electron chi connectivity index (χ1n) is 11.3. The van der Waals surface area contributed by atoms with Crippen LogP contribution in [0.5, 0.6) is 0 Å². The highest BCUT2D eigenvalue weighted by molar-refractivity contribution is 7.07. The van der Waals surface area contributed by atoms with Gasteiger partial charge in [-0.2, -0.15) is 0 Å². The first-order valence-corrected chi connectivity index (χ1v) is 12.0. The molecule has 0 atom stereocenters. The van der Waals surface area contributed by atoms with Gasteiger partial charge >= 0.3 is 0 Å². The molecule has 2 amide bonds. The second-order valence-electron chi connectivity index (χ2n) is 9.05. The van der Waals surface area contributed by atoms with Crippen LogP contribution in [0.3, 0.4) is 0 Å². The molecule has 2 aromatic carbocycles. The van der Waals surface area contributed by atoms with Gasteiger partial charge in [-0.05, 0) is 42.4 Å². The lowest BCUT2D eigenvalue weighted by Crippen LogP contribution is -2.60. The lowest BCUT2D eigenvalue weighted by Gasteiger charge is -2.40. The van der Waals surface area contributed by atoms with Crippen LogP contribution in [0.1, 0.15) is 39.3 Å². The Balaban J connectivity index is 1.37. The Morgan fingerprint density at radius 3 is 2.09 bits per heavy atom. The van der Waals surface area contributed by atoms with Crippen LogP contribution in [0.4, 0.5) is 0 Å². The summed E-state index contributed by atoms with van der Waals surface area (Å²) in [6.07, 6.45) is 2.51. The summed E-state index contributed by atoms with van der Waals surface area (Å²) in [5.74, 6) is -0.000934. The number of hydrogen-bond donors (Lipinski definition) is 2. The number of piperidine rings is 1. The van der Waals surface area contributed by atoms with Gasteiger partial charge in [-0.25, -0.2) is 0 Å². The van der Waals surface area contributed by atoms with Gasteiger partial charge in [0.15, 0.2) is 0 Å². The van der Waals surface area contributed by atoms with E-state index in [-0.39, 0.29) is 11.8 Å². The fraction of sp³-hybridized carbons (Fsp3) is 0.360. The summed E-state index contributed by atoms with van der Waals surface area (Å²) in [7, 11) is 0. The van der Waals surface area contributed by atoms with Gasteiger partial charge in [0.1, 0.15) is 10.4 Å². The Labute approximate surface area is 197 Å². The zero-order chi connectivity index (χ0) is 22.9. The van der Waals surface area contributed by atoms with Crippen molar-refractivity contribution in [3.05, 3.63) is 82.4 Å². The van der Waals surface area contributed by atoms with Crippen molar-refractivity contribution in [3.8, 4) is 0 Å². The molecule has 3 aromatic rings. The minimum atomic E-state index is -0.743. The van der Waals surface area contributed by atoms with E-state index >= 15 is 0 Å². The largest absolute Gasteiger partial charge is 0.338 e. The molecule has 0 bridgehead atoms. The summed E-state index contributed by atoms with van der Waals surface area (Å²) in [5.41, 5.74) is 1.65. The van der Waals surface area contributed by atoms with E-state index in [1.54, 1.807) is 0 Å². The van der Waals surface area contributed by atoms with Crippen LogP contribution in [-0.4, -0.2) is 50.6 Å². The van der Waals surface area contributed by atoms with E-state index in [4.69, 9.17) is 0 Å². The Kier molecular flexibility index (Phi) is 5.72. The first-order chi connectivity index (χ1) is 16.0. The molecule has 170 valence electrons. The van der Waals surface area contributed by atoms with E-state index in [9.17, 15) is 9.59 Å². The summed E-state index contributed by atoms with van der Waals surface area (Å²) < 4.78 is 3.89. The van der Waals surface area contributed by atoms with Crippen LogP contribution in [0.15, 0.2) is 60.7 Å². The Morgan fingerprint density at radius 1 is 1.00 bits per heavy atom. The molecule has 1 aromatic heterocycles. The molecule has 8 heteroatoms. The molecule has 2 aliphatic heterocycles. The third-order valence-corrected chi connectivity index (χ3v) is 7.53.